The van der Waals surface area contributed by atoms with E-state index in [-0.39, 0.29) is 17.0 Å². The van der Waals surface area contributed by atoms with E-state index < -0.39 is 0 Å². The van der Waals surface area contributed by atoms with Gasteiger partial charge in [0.15, 0.2) is 0 Å². The molecule has 0 heterocycles. The summed E-state index contributed by atoms with van der Waals surface area (Å²) in [4.78, 5) is 2.65. The molecule has 15 heavy (non-hydrogen) atoms. The monoisotopic (exact) mass is 343 g/mol. The summed E-state index contributed by atoms with van der Waals surface area (Å²) in [6.07, 6.45) is 6.58. The summed E-state index contributed by atoms with van der Waals surface area (Å²) in [5, 5.41) is 1.13. The maximum Gasteiger partial charge on any atom is 0.00748 e. The van der Waals surface area contributed by atoms with E-state index in [9.17, 15) is 0 Å². The lowest BCUT2D eigenvalue weighted by Crippen LogP contribution is -2.35. The number of alkyl halides is 1. The first-order chi connectivity index (χ1) is 6.76. The molecule has 94 valence electrons. The summed E-state index contributed by atoms with van der Waals surface area (Å²) in [5.41, 5.74) is 0. The summed E-state index contributed by atoms with van der Waals surface area (Å²) < 4.78 is 0. The van der Waals surface area contributed by atoms with E-state index in [4.69, 9.17) is 0 Å². The molecule has 0 radical (unpaired) electrons. The fourth-order valence-corrected chi connectivity index (χ4v) is 2.28. The fraction of sp³-hybridized carbons (Fsp3) is 1.00. The number of rotatable bonds is 9. The first-order valence-corrected chi connectivity index (χ1v) is 7.18. The van der Waals surface area contributed by atoms with Crippen molar-refractivity contribution in [2.45, 2.75) is 58.9 Å². The number of nitrogens with zero attached hydrogens (tertiary/aromatic N) is 1. The average Bonchev–Trinajstić information content (AvgIpc) is 2.18. The minimum Gasteiger partial charge on any atom is -0.301 e. The molecule has 0 rings (SSSR count). The van der Waals surface area contributed by atoms with Crippen LogP contribution in [0.4, 0.5) is 0 Å². The topological polar surface area (TPSA) is 3.24 Å². The van der Waals surface area contributed by atoms with Crippen LogP contribution >= 0.6 is 32.9 Å². The predicted octanol–water partition coefficient (Wildman–Crippen LogP) is 4.64. The largest absolute Gasteiger partial charge is 0.301 e. The molecule has 1 nitrogen and oxygen atoms in total. The van der Waals surface area contributed by atoms with Gasteiger partial charge in [0.1, 0.15) is 0 Å². The van der Waals surface area contributed by atoms with Crippen molar-refractivity contribution in [1.82, 2.24) is 4.90 Å². The lowest BCUT2D eigenvalue weighted by molar-refractivity contribution is 0.199. The summed E-state index contributed by atoms with van der Waals surface area (Å²) in [7, 11) is 0. The second kappa shape index (κ2) is 13.0. The summed E-state index contributed by atoms with van der Waals surface area (Å²) in [5.74, 6) is 0. The van der Waals surface area contributed by atoms with Crippen LogP contribution in [0.5, 0.6) is 0 Å². The second-order valence-corrected chi connectivity index (χ2v) is 4.86. The van der Waals surface area contributed by atoms with Gasteiger partial charge in [0, 0.05) is 11.4 Å². The molecule has 0 aromatic rings. The molecule has 0 saturated carbocycles. The molecule has 0 aliphatic heterocycles. The number of unbranched alkanes of at least 4 members (excludes halogenated alkanes) is 2. The van der Waals surface area contributed by atoms with Crippen molar-refractivity contribution in [2.75, 3.05) is 18.4 Å². The maximum atomic E-state index is 3.53. The second-order valence-electron chi connectivity index (χ2n) is 4.07. The highest BCUT2D eigenvalue weighted by molar-refractivity contribution is 9.09. The van der Waals surface area contributed by atoms with Gasteiger partial charge in [-0.3, -0.25) is 0 Å². The van der Waals surface area contributed by atoms with Crippen molar-refractivity contribution in [1.29, 1.82) is 0 Å². The third-order valence-electron chi connectivity index (χ3n) is 2.75. The standard InChI is InChI=1S/C12H26BrN.BrH/c1-4-6-10-14(11-7-5-2)12(3)8-9-13;/h12H,4-11H2,1-3H3;1H. The quantitative estimate of drug-likeness (QED) is 0.551. The van der Waals surface area contributed by atoms with Gasteiger partial charge in [-0.15, -0.1) is 17.0 Å². The molecule has 0 bridgehead atoms. The molecule has 0 aromatic carbocycles. The summed E-state index contributed by atoms with van der Waals surface area (Å²) >= 11 is 3.53. The molecule has 0 fully saturated rings. The highest BCUT2D eigenvalue weighted by Gasteiger charge is 2.11. The van der Waals surface area contributed by atoms with Crippen LogP contribution in [0.2, 0.25) is 0 Å². The molecule has 0 saturated heterocycles. The van der Waals surface area contributed by atoms with Crippen molar-refractivity contribution >= 4 is 32.9 Å². The van der Waals surface area contributed by atoms with Crippen molar-refractivity contribution in [3.05, 3.63) is 0 Å². The van der Waals surface area contributed by atoms with Gasteiger partial charge in [-0.1, -0.05) is 42.6 Å². The zero-order valence-electron chi connectivity index (χ0n) is 10.5. The Morgan fingerprint density at radius 1 is 1.07 bits per heavy atom. The Morgan fingerprint density at radius 2 is 1.53 bits per heavy atom. The zero-order valence-corrected chi connectivity index (χ0v) is 13.8. The Kier molecular flexibility index (Phi) is 15.8. The van der Waals surface area contributed by atoms with E-state index in [0.717, 1.165) is 11.4 Å². The molecular formula is C12H27Br2N. The Morgan fingerprint density at radius 3 is 1.87 bits per heavy atom. The molecule has 0 aliphatic rings. The maximum absolute atomic E-state index is 3.53. The van der Waals surface area contributed by atoms with E-state index in [1.165, 1.54) is 45.2 Å². The molecule has 0 aromatic heterocycles. The van der Waals surface area contributed by atoms with Crippen molar-refractivity contribution in [3.8, 4) is 0 Å². The van der Waals surface area contributed by atoms with E-state index >= 15 is 0 Å². The van der Waals surface area contributed by atoms with E-state index in [2.05, 4.69) is 41.6 Å². The molecule has 1 unspecified atom stereocenters. The van der Waals surface area contributed by atoms with Crippen molar-refractivity contribution < 1.29 is 0 Å². The van der Waals surface area contributed by atoms with Crippen LogP contribution < -0.4 is 0 Å². The smallest absolute Gasteiger partial charge is 0.00748 e. The van der Waals surface area contributed by atoms with Crippen LogP contribution in [-0.4, -0.2) is 29.4 Å². The number of hydrogen-bond donors (Lipinski definition) is 0. The minimum absolute atomic E-state index is 0. The first-order valence-electron chi connectivity index (χ1n) is 6.06. The molecule has 0 aliphatic carbocycles. The van der Waals surface area contributed by atoms with E-state index in [1.807, 2.05) is 0 Å². The highest BCUT2D eigenvalue weighted by Crippen LogP contribution is 2.09. The van der Waals surface area contributed by atoms with Crippen molar-refractivity contribution in [2.24, 2.45) is 0 Å². The summed E-state index contributed by atoms with van der Waals surface area (Å²) in [6.45, 7) is 9.46. The molecule has 1 atom stereocenters. The van der Waals surface area contributed by atoms with Crippen molar-refractivity contribution in [3.63, 3.8) is 0 Å². The molecule has 3 heteroatoms. The zero-order chi connectivity index (χ0) is 10.8. The summed E-state index contributed by atoms with van der Waals surface area (Å²) in [6, 6.07) is 0.743. The lowest BCUT2D eigenvalue weighted by atomic mass is 10.2. The first kappa shape index (κ1) is 18.3. The lowest BCUT2D eigenvalue weighted by Gasteiger charge is -2.28. The third kappa shape index (κ3) is 9.83. The van der Waals surface area contributed by atoms with Gasteiger partial charge in [0.05, 0.1) is 0 Å². The third-order valence-corrected chi connectivity index (χ3v) is 3.21. The van der Waals surface area contributed by atoms with Gasteiger partial charge in [0.25, 0.3) is 0 Å². The number of hydrogen-bond acceptors (Lipinski definition) is 1. The molecular weight excluding hydrogens is 318 g/mol. The normalized spacial score (nSPS) is 12.6. The number of halogens is 2. The highest BCUT2D eigenvalue weighted by atomic mass is 79.9. The molecule has 0 amide bonds. The van der Waals surface area contributed by atoms with Crippen LogP contribution in [-0.2, 0) is 0 Å². The Labute approximate surface area is 115 Å². The average molecular weight is 345 g/mol. The van der Waals surface area contributed by atoms with Gasteiger partial charge < -0.3 is 4.90 Å². The predicted molar refractivity (Wildman–Crippen MR) is 79.6 cm³/mol. The van der Waals surface area contributed by atoms with Gasteiger partial charge in [-0.25, -0.2) is 0 Å². The van der Waals surface area contributed by atoms with Crippen LogP contribution in [0.15, 0.2) is 0 Å². The van der Waals surface area contributed by atoms with Gasteiger partial charge >= 0.3 is 0 Å². The Hall–Kier alpha value is 0.920. The van der Waals surface area contributed by atoms with Gasteiger partial charge in [-0.05, 0) is 39.3 Å². The van der Waals surface area contributed by atoms with Crippen LogP contribution in [0.25, 0.3) is 0 Å². The molecule has 0 spiro atoms. The van der Waals surface area contributed by atoms with Crippen LogP contribution in [0.3, 0.4) is 0 Å². The Bertz CT molecular complexity index is 112. The molecule has 0 N–H and O–H groups in total. The van der Waals surface area contributed by atoms with Crippen LogP contribution in [0.1, 0.15) is 52.9 Å². The Balaban J connectivity index is 0. The SMILES string of the molecule is Br.CCCCN(CCCC)C(C)CCBr. The van der Waals surface area contributed by atoms with Crippen LogP contribution in [0, 0.1) is 0 Å². The fourth-order valence-electron chi connectivity index (χ4n) is 1.62. The minimum atomic E-state index is 0. The van der Waals surface area contributed by atoms with E-state index in [1.54, 1.807) is 0 Å². The van der Waals surface area contributed by atoms with Gasteiger partial charge in [0.2, 0.25) is 0 Å². The van der Waals surface area contributed by atoms with Gasteiger partial charge in [-0.2, -0.15) is 0 Å². The van der Waals surface area contributed by atoms with E-state index in [0.29, 0.717) is 0 Å².